The lowest BCUT2D eigenvalue weighted by Gasteiger charge is -2.19. The van der Waals surface area contributed by atoms with Gasteiger partial charge in [0.1, 0.15) is 0 Å². The van der Waals surface area contributed by atoms with Gasteiger partial charge in [0, 0.05) is 22.0 Å². The third kappa shape index (κ3) is 2.70. The van der Waals surface area contributed by atoms with E-state index in [4.69, 9.17) is 11.6 Å². The molecule has 0 aromatic heterocycles. The van der Waals surface area contributed by atoms with E-state index in [2.05, 4.69) is 38.8 Å². The van der Waals surface area contributed by atoms with E-state index < -0.39 is 0 Å². The quantitative estimate of drug-likeness (QED) is 0.687. The van der Waals surface area contributed by atoms with Crippen molar-refractivity contribution in [3.63, 3.8) is 0 Å². The molecule has 0 unspecified atom stereocenters. The summed E-state index contributed by atoms with van der Waals surface area (Å²) in [5.74, 6) is 0.587. The van der Waals surface area contributed by atoms with Crippen LogP contribution < -0.4 is 0 Å². The molecular weight excluding hydrogens is 255 g/mol. The summed E-state index contributed by atoms with van der Waals surface area (Å²) in [5, 5.41) is 1.68. The van der Waals surface area contributed by atoms with Crippen LogP contribution in [0.5, 0.6) is 0 Å². The van der Waals surface area contributed by atoms with Crippen molar-refractivity contribution in [3.8, 4) is 0 Å². The highest BCUT2D eigenvalue weighted by molar-refractivity contribution is 9.09. The van der Waals surface area contributed by atoms with E-state index in [-0.39, 0.29) is 5.41 Å². The van der Waals surface area contributed by atoms with E-state index in [1.54, 1.807) is 0 Å². The predicted octanol–water partition coefficient (Wildman–Crippen LogP) is 2.84. The van der Waals surface area contributed by atoms with E-state index in [9.17, 15) is 0 Å². The van der Waals surface area contributed by atoms with Crippen LogP contribution in [0.4, 0.5) is 0 Å². The van der Waals surface area contributed by atoms with Crippen molar-refractivity contribution in [2.45, 2.75) is 0 Å². The summed E-state index contributed by atoms with van der Waals surface area (Å²) < 4.78 is 0. The summed E-state index contributed by atoms with van der Waals surface area (Å²) in [6, 6.07) is 0. The van der Waals surface area contributed by atoms with Crippen LogP contribution in [0.2, 0.25) is 0 Å². The van der Waals surface area contributed by atoms with Gasteiger partial charge in [-0.25, -0.2) is 0 Å². The average molecular weight is 263 g/mol. The molecule has 0 amide bonds. The van der Waals surface area contributed by atoms with E-state index >= 15 is 0 Å². The molecular formula is C5H8Br2Cl. The van der Waals surface area contributed by atoms with Crippen molar-refractivity contribution in [2.75, 3.05) is 16.5 Å². The molecule has 0 aromatic rings. The minimum absolute atomic E-state index is 0.0262. The Morgan fingerprint density at radius 3 is 1.75 bits per heavy atom. The lowest BCUT2D eigenvalue weighted by atomic mass is 10.0. The smallest absolute Gasteiger partial charge is 0.0296 e. The van der Waals surface area contributed by atoms with Crippen LogP contribution in [-0.4, -0.2) is 16.5 Å². The molecule has 0 aliphatic rings. The second kappa shape index (κ2) is 4.13. The normalized spacial score (nSPS) is 12.0. The van der Waals surface area contributed by atoms with Gasteiger partial charge in [-0.2, -0.15) is 0 Å². The Morgan fingerprint density at radius 1 is 1.38 bits per heavy atom. The molecule has 0 aliphatic heterocycles. The fourth-order valence-corrected chi connectivity index (χ4v) is 2.08. The van der Waals surface area contributed by atoms with E-state index in [0.717, 1.165) is 10.7 Å². The van der Waals surface area contributed by atoms with Crippen LogP contribution in [-0.2, 0) is 0 Å². The van der Waals surface area contributed by atoms with Crippen LogP contribution in [0.25, 0.3) is 0 Å². The number of hydrogen-bond donors (Lipinski definition) is 0. The van der Waals surface area contributed by atoms with Gasteiger partial charge in [-0.3, -0.25) is 0 Å². The lowest BCUT2D eigenvalue weighted by Crippen LogP contribution is -2.22. The molecule has 1 radical (unpaired) electrons. The highest BCUT2D eigenvalue weighted by atomic mass is 79.9. The number of hydrogen-bond acceptors (Lipinski definition) is 0. The molecule has 0 N–H and O–H groups in total. The first kappa shape index (κ1) is 9.25. The lowest BCUT2D eigenvalue weighted by molar-refractivity contribution is 0.581. The van der Waals surface area contributed by atoms with Gasteiger partial charge < -0.3 is 0 Å². The molecule has 0 aromatic carbocycles. The third-order valence-corrected chi connectivity index (χ3v) is 3.80. The fourth-order valence-electron chi connectivity index (χ4n) is 0.107. The molecule has 0 nitrogen and oxygen atoms in total. The Balaban J connectivity index is 3.58. The molecule has 49 valence electrons. The van der Waals surface area contributed by atoms with E-state index in [0.29, 0.717) is 5.88 Å². The minimum atomic E-state index is -0.0262. The van der Waals surface area contributed by atoms with Gasteiger partial charge in [0.2, 0.25) is 0 Å². The molecule has 0 fully saturated rings. The summed E-state index contributed by atoms with van der Waals surface area (Å²) in [5.41, 5.74) is -0.0262. The first-order valence-corrected chi connectivity index (χ1v) is 4.99. The third-order valence-electron chi connectivity index (χ3n) is 0.850. The number of halogens is 3. The number of alkyl halides is 3. The molecule has 0 rings (SSSR count). The Kier molecular flexibility index (Phi) is 4.77. The summed E-state index contributed by atoms with van der Waals surface area (Å²) in [6.45, 7) is 3.90. The highest BCUT2D eigenvalue weighted by Crippen LogP contribution is 2.22. The fraction of sp³-hybridized carbons (Fsp3) is 0.800. The van der Waals surface area contributed by atoms with Gasteiger partial charge in [0.05, 0.1) is 0 Å². The molecule has 0 aliphatic carbocycles. The molecule has 0 heterocycles. The van der Waals surface area contributed by atoms with Gasteiger partial charge in [0.15, 0.2) is 0 Å². The zero-order chi connectivity index (χ0) is 6.62. The minimum Gasteiger partial charge on any atom is -0.126 e. The molecule has 0 saturated carbocycles. The Morgan fingerprint density at radius 2 is 1.75 bits per heavy atom. The first-order chi connectivity index (χ1) is 3.68. The average Bonchev–Trinajstić information content (AvgIpc) is 1.87. The monoisotopic (exact) mass is 261 g/mol. The predicted molar refractivity (Wildman–Crippen MR) is 46.1 cm³/mol. The van der Waals surface area contributed by atoms with Gasteiger partial charge >= 0.3 is 0 Å². The van der Waals surface area contributed by atoms with Crippen LogP contribution in [0.15, 0.2) is 0 Å². The first-order valence-electron chi connectivity index (χ1n) is 2.22. The van der Waals surface area contributed by atoms with E-state index in [1.165, 1.54) is 0 Å². The maximum Gasteiger partial charge on any atom is 0.0296 e. The Hall–Kier alpha value is 1.25. The molecule has 0 bridgehead atoms. The summed E-state index contributed by atoms with van der Waals surface area (Å²) in [7, 11) is 0. The summed E-state index contributed by atoms with van der Waals surface area (Å²) in [4.78, 5) is 0. The second-order valence-corrected chi connectivity index (χ2v) is 3.29. The maximum atomic E-state index is 5.59. The Bertz CT molecular complexity index is 53.2. The van der Waals surface area contributed by atoms with Crippen LogP contribution >= 0.6 is 43.5 Å². The second-order valence-electron chi connectivity index (χ2n) is 1.90. The highest BCUT2D eigenvalue weighted by Gasteiger charge is 2.19. The van der Waals surface area contributed by atoms with Gasteiger partial charge in [-0.1, -0.05) is 31.9 Å². The molecule has 8 heavy (non-hydrogen) atoms. The van der Waals surface area contributed by atoms with Gasteiger partial charge in [-0.05, 0) is 6.92 Å². The topological polar surface area (TPSA) is 0 Å². The maximum absolute atomic E-state index is 5.59. The molecule has 3 heteroatoms. The van der Waals surface area contributed by atoms with Gasteiger partial charge in [-0.15, -0.1) is 11.6 Å². The molecule has 0 atom stereocenters. The summed E-state index contributed by atoms with van der Waals surface area (Å²) in [6.07, 6.45) is 0. The van der Waals surface area contributed by atoms with E-state index in [1.807, 2.05) is 0 Å². The Labute approximate surface area is 72.2 Å². The number of rotatable bonds is 3. The van der Waals surface area contributed by atoms with Crippen molar-refractivity contribution in [1.29, 1.82) is 0 Å². The van der Waals surface area contributed by atoms with Crippen LogP contribution in [0.3, 0.4) is 0 Å². The van der Waals surface area contributed by atoms with Crippen molar-refractivity contribution in [1.82, 2.24) is 0 Å². The van der Waals surface area contributed by atoms with Crippen molar-refractivity contribution >= 4 is 43.5 Å². The SMILES string of the molecule is [CH2]C(CCl)(CBr)CBr. The largest absolute Gasteiger partial charge is 0.126 e. The van der Waals surface area contributed by atoms with Crippen molar-refractivity contribution in [2.24, 2.45) is 5.41 Å². The van der Waals surface area contributed by atoms with Crippen LogP contribution in [0.1, 0.15) is 0 Å². The van der Waals surface area contributed by atoms with Crippen LogP contribution in [0, 0.1) is 12.3 Å². The summed E-state index contributed by atoms with van der Waals surface area (Å²) >= 11 is 12.2. The molecule has 0 saturated heterocycles. The van der Waals surface area contributed by atoms with Crippen molar-refractivity contribution < 1.29 is 0 Å². The van der Waals surface area contributed by atoms with Crippen molar-refractivity contribution in [3.05, 3.63) is 6.92 Å². The zero-order valence-electron chi connectivity index (χ0n) is 4.46. The standard InChI is InChI=1S/C5H8Br2Cl/c1-5(2-6,3-7)4-8/h1-4H2. The van der Waals surface area contributed by atoms with Gasteiger partial charge in [0.25, 0.3) is 0 Å². The molecule has 0 spiro atoms. The zero-order valence-corrected chi connectivity index (χ0v) is 8.39.